The average molecular weight is 304 g/mol. The highest BCUT2D eigenvalue weighted by atomic mass is 17.2. The molecule has 1 unspecified atom stereocenters. The molecular weight excluding hydrogens is 280 g/mol. The van der Waals surface area contributed by atoms with Gasteiger partial charge in [0.25, 0.3) is 0 Å². The van der Waals surface area contributed by atoms with Crippen molar-refractivity contribution in [3.8, 4) is 0 Å². The second-order valence-corrected chi connectivity index (χ2v) is 5.12. The fourth-order valence-corrected chi connectivity index (χ4v) is 2.15. The number of carboxylic acids is 1. The van der Waals surface area contributed by atoms with Gasteiger partial charge in [0, 0.05) is 18.4 Å². The Bertz CT molecular complexity index is 507. The van der Waals surface area contributed by atoms with Gasteiger partial charge in [0.05, 0.1) is 0 Å². The zero-order valence-electron chi connectivity index (χ0n) is 13.1. The molecule has 1 saturated heterocycles. The van der Waals surface area contributed by atoms with Crippen molar-refractivity contribution in [1.82, 2.24) is 0 Å². The number of hydrogen-bond acceptors (Lipinski definition) is 3. The minimum absolute atomic E-state index is 0.0323. The van der Waals surface area contributed by atoms with Gasteiger partial charge in [-0.1, -0.05) is 32.2 Å². The van der Waals surface area contributed by atoms with E-state index in [4.69, 9.17) is 14.9 Å². The summed E-state index contributed by atoms with van der Waals surface area (Å²) in [5, 5.41) is 8.75. The van der Waals surface area contributed by atoms with Crippen LogP contribution in [0.15, 0.2) is 54.0 Å². The van der Waals surface area contributed by atoms with Gasteiger partial charge >= 0.3 is 5.97 Å². The summed E-state index contributed by atoms with van der Waals surface area (Å²) >= 11 is 0. The van der Waals surface area contributed by atoms with Crippen LogP contribution in [0.2, 0.25) is 0 Å². The van der Waals surface area contributed by atoms with Gasteiger partial charge in [-0.2, -0.15) is 4.89 Å². The summed E-state index contributed by atoms with van der Waals surface area (Å²) in [5.41, 5.74) is 4.21. The van der Waals surface area contributed by atoms with Crippen LogP contribution in [0.25, 0.3) is 0 Å². The highest BCUT2D eigenvalue weighted by Gasteiger charge is 2.22. The summed E-state index contributed by atoms with van der Waals surface area (Å²) in [7, 11) is 0. The van der Waals surface area contributed by atoms with Crippen molar-refractivity contribution >= 4 is 5.97 Å². The first-order valence-electron chi connectivity index (χ1n) is 7.57. The van der Waals surface area contributed by atoms with E-state index >= 15 is 0 Å². The maximum atomic E-state index is 10.7. The first-order chi connectivity index (χ1) is 10.6. The molecule has 0 aromatic carbocycles. The van der Waals surface area contributed by atoms with Crippen LogP contribution >= 0.6 is 0 Å². The molecule has 1 N–H and O–H groups in total. The molecule has 1 aliphatic heterocycles. The molecule has 0 aromatic heterocycles. The molecule has 1 aliphatic rings. The summed E-state index contributed by atoms with van der Waals surface area (Å²) < 4.78 is 0. The maximum Gasteiger partial charge on any atom is 0.303 e. The minimum Gasteiger partial charge on any atom is -0.481 e. The highest BCUT2D eigenvalue weighted by molar-refractivity contribution is 5.67. The van der Waals surface area contributed by atoms with Gasteiger partial charge in [0.2, 0.25) is 0 Å². The molecular formula is C18H24O4. The van der Waals surface area contributed by atoms with E-state index in [1.54, 1.807) is 0 Å². The summed E-state index contributed by atoms with van der Waals surface area (Å²) in [6, 6.07) is 0. The molecule has 0 bridgehead atoms. The lowest BCUT2D eigenvalue weighted by atomic mass is 9.95. The monoisotopic (exact) mass is 304 g/mol. The molecule has 1 fully saturated rings. The summed E-state index contributed by atoms with van der Waals surface area (Å²) in [4.78, 5) is 21.5. The van der Waals surface area contributed by atoms with E-state index in [1.807, 2.05) is 18.2 Å². The normalized spacial score (nSPS) is 20.2. The molecule has 0 amide bonds. The van der Waals surface area contributed by atoms with Crippen LogP contribution in [-0.4, -0.2) is 17.2 Å². The zero-order valence-corrected chi connectivity index (χ0v) is 13.1. The van der Waals surface area contributed by atoms with E-state index in [2.05, 4.69) is 25.8 Å². The van der Waals surface area contributed by atoms with Crippen molar-refractivity contribution in [3.63, 3.8) is 0 Å². The molecule has 22 heavy (non-hydrogen) atoms. The molecule has 0 saturated carbocycles. The van der Waals surface area contributed by atoms with Crippen molar-refractivity contribution in [3.05, 3.63) is 54.0 Å². The quantitative estimate of drug-likeness (QED) is 0.428. The van der Waals surface area contributed by atoms with E-state index in [-0.39, 0.29) is 12.5 Å². The number of rotatable bonds is 7. The van der Waals surface area contributed by atoms with Gasteiger partial charge in [-0.15, -0.1) is 5.73 Å². The van der Waals surface area contributed by atoms with Gasteiger partial charge in [0.1, 0.15) is 11.9 Å². The lowest BCUT2D eigenvalue weighted by molar-refractivity contribution is -0.281. The van der Waals surface area contributed by atoms with Gasteiger partial charge in [-0.25, -0.2) is 0 Å². The van der Waals surface area contributed by atoms with Crippen LogP contribution in [0, 0.1) is 0 Å². The Kier molecular flexibility index (Phi) is 8.05. The van der Waals surface area contributed by atoms with Crippen LogP contribution in [0.1, 0.15) is 45.4 Å². The molecule has 0 radical (unpaired) electrons. The Labute approximate surface area is 132 Å². The maximum absolute atomic E-state index is 10.7. The number of carboxylic acid groups (broad SMARTS) is 1. The zero-order chi connectivity index (χ0) is 16.4. The Balaban J connectivity index is 2.66. The van der Waals surface area contributed by atoms with E-state index < -0.39 is 5.97 Å². The van der Waals surface area contributed by atoms with E-state index in [9.17, 15) is 4.79 Å². The predicted molar refractivity (Wildman–Crippen MR) is 86.0 cm³/mol. The number of hydrogen-bond donors (Lipinski definition) is 1. The van der Waals surface area contributed by atoms with Gasteiger partial charge in [-0.3, -0.25) is 4.79 Å². The third-order valence-electron chi connectivity index (χ3n) is 3.35. The molecule has 0 aliphatic carbocycles. The van der Waals surface area contributed by atoms with Gasteiger partial charge in [-0.05, 0) is 37.3 Å². The number of aliphatic carboxylic acids is 1. The molecule has 0 spiro atoms. The first-order valence-corrected chi connectivity index (χ1v) is 7.57. The Morgan fingerprint density at radius 2 is 2.27 bits per heavy atom. The summed E-state index contributed by atoms with van der Waals surface area (Å²) in [6.07, 6.45) is 9.43. The Hall–Kier alpha value is -2.03. The van der Waals surface area contributed by atoms with Crippen molar-refractivity contribution in [1.29, 1.82) is 0 Å². The van der Waals surface area contributed by atoms with Crippen LogP contribution < -0.4 is 0 Å². The van der Waals surface area contributed by atoms with Gasteiger partial charge in [0.15, 0.2) is 0 Å². The van der Waals surface area contributed by atoms with E-state index in [0.29, 0.717) is 17.6 Å². The SMILES string of the molecule is C=C=C(C(=C)CCC(=O)O)C1CCCC(=CC=CCC)OO1. The molecule has 4 nitrogen and oxygen atoms in total. The fraction of sp³-hybridized carbons (Fsp3) is 0.444. The standard InChI is InChI=1S/C18H24O4/c1-4-6-7-9-15-10-8-11-17(22-21-15)16(5-2)14(3)12-13-18(19)20/h6-7,9,17H,2-4,8,10-13H2,1H3,(H,19,20). The first kappa shape index (κ1) is 18.0. The Morgan fingerprint density at radius 3 is 2.91 bits per heavy atom. The van der Waals surface area contributed by atoms with Crippen molar-refractivity contribution < 1.29 is 19.7 Å². The minimum atomic E-state index is -0.851. The second kappa shape index (κ2) is 9.82. The second-order valence-electron chi connectivity index (χ2n) is 5.12. The van der Waals surface area contributed by atoms with Crippen LogP contribution in [-0.2, 0) is 14.6 Å². The van der Waals surface area contributed by atoms with Crippen molar-refractivity contribution in [2.75, 3.05) is 0 Å². The average Bonchev–Trinajstić information content (AvgIpc) is 2.72. The van der Waals surface area contributed by atoms with Gasteiger partial charge < -0.3 is 9.99 Å². The topological polar surface area (TPSA) is 55.8 Å². The van der Waals surface area contributed by atoms with Crippen LogP contribution in [0.3, 0.4) is 0 Å². The number of carbonyl (C=O) groups is 1. The van der Waals surface area contributed by atoms with Crippen molar-refractivity contribution in [2.24, 2.45) is 0 Å². The lowest BCUT2D eigenvalue weighted by Crippen LogP contribution is -2.15. The summed E-state index contributed by atoms with van der Waals surface area (Å²) in [5.74, 6) is -0.0673. The van der Waals surface area contributed by atoms with Crippen molar-refractivity contribution in [2.45, 2.75) is 51.6 Å². The third kappa shape index (κ3) is 6.17. The molecule has 1 rings (SSSR count). The van der Waals surface area contributed by atoms with Crippen LogP contribution in [0.5, 0.6) is 0 Å². The Morgan fingerprint density at radius 1 is 1.50 bits per heavy atom. The van der Waals surface area contributed by atoms with E-state index in [0.717, 1.165) is 31.4 Å². The predicted octanol–water partition coefficient (Wildman–Crippen LogP) is 4.47. The molecule has 1 atom stereocenters. The smallest absolute Gasteiger partial charge is 0.303 e. The third-order valence-corrected chi connectivity index (χ3v) is 3.35. The number of allylic oxidation sites excluding steroid dienone is 4. The molecule has 1 heterocycles. The molecule has 4 heteroatoms. The molecule has 0 aromatic rings. The lowest BCUT2D eigenvalue weighted by Gasteiger charge is -2.17. The largest absolute Gasteiger partial charge is 0.481 e. The summed E-state index contributed by atoms with van der Waals surface area (Å²) in [6.45, 7) is 9.65. The highest BCUT2D eigenvalue weighted by Crippen LogP contribution is 2.27. The molecule has 120 valence electrons. The fourth-order valence-electron chi connectivity index (χ4n) is 2.15. The van der Waals surface area contributed by atoms with E-state index in [1.165, 1.54) is 0 Å². The van der Waals surface area contributed by atoms with Crippen LogP contribution in [0.4, 0.5) is 0 Å².